The van der Waals surface area contributed by atoms with E-state index in [1.165, 1.54) is 22.3 Å². The van der Waals surface area contributed by atoms with Gasteiger partial charge in [-0.1, -0.05) is 60.7 Å². The Balaban J connectivity index is 1.65. The zero-order valence-corrected chi connectivity index (χ0v) is 16.3. The van der Waals surface area contributed by atoms with Gasteiger partial charge in [-0.2, -0.15) is 0 Å². The predicted molar refractivity (Wildman–Crippen MR) is 109 cm³/mol. The van der Waals surface area contributed by atoms with Gasteiger partial charge in [-0.15, -0.1) is 0 Å². The third-order valence-electron chi connectivity index (χ3n) is 5.36. The van der Waals surface area contributed by atoms with Gasteiger partial charge in [0.05, 0.1) is 6.04 Å². The first kappa shape index (κ1) is 17.8. The van der Waals surface area contributed by atoms with Crippen LogP contribution in [0.15, 0.2) is 60.7 Å². The Bertz CT molecular complexity index is 863. The van der Waals surface area contributed by atoms with Crippen LogP contribution in [0.25, 0.3) is 16.7 Å². The van der Waals surface area contributed by atoms with Gasteiger partial charge in [0.25, 0.3) is 0 Å². The zero-order valence-electron chi connectivity index (χ0n) is 16.3. The van der Waals surface area contributed by atoms with Crippen molar-refractivity contribution in [2.24, 2.45) is 0 Å². The molecule has 2 unspecified atom stereocenters. The Hall–Kier alpha value is -2.55. The molecule has 2 atom stereocenters. The lowest BCUT2D eigenvalue weighted by Gasteiger charge is -2.35. The number of benzene rings is 2. The van der Waals surface area contributed by atoms with E-state index in [9.17, 15) is 4.79 Å². The molecule has 0 N–H and O–H groups in total. The van der Waals surface area contributed by atoms with Crippen LogP contribution in [0, 0.1) is 0 Å². The number of fused-ring (bicyclic) bond motifs is 2. The smallest absolute Gasteiger partial charge is 0.411 e. The van der Waals surface area contributed by atoms with Gasteiger partial charge in [0.1, 0.15) is 5.60 Å². The van der Waals surface area contributed by atoms with Gasteiger partial charge in [-0.25, -0.2) is 4.79 Å². The first-order valence-electron chi connectivity index (χ1n) is 9.79. The quantitative estimate of drug-likeness (QED) is 0.665. The van der Waals surface area contributed by atoms with Gasteiger partial charge in [-0.3, -0.25) is 4.90 Å². The minimum Gasteiger partial charge on any atom is -0.444 e. The first-order valence-corrected chi connectivity index (χ1v) is 9.79. The fraction of sp³-hybridized carbons (Fsp3) is 0.375. The summed E-state index contributed by atoms with van der Waals surface area (Å²) in [5, 5.41) is 0. The van der Waals surface area contributed by atoms with Gasteiger partial charge < -0.3 is 4.74 Å². The molecule has 2 aliphatic rings. The molecule has 140 valence electrons. The number of carbonyl (C=O) groups is 1. The van der Waals surface area contributed by atoms with Crippen molar-refractivity contribution >= 4 is 11.7 Å². The standard InChI is InChI=1S/C24H27NO2/c1-24(2,3)27-23(26)25-19-13-14-20(25)16-18(15-19)22-12-8-7-11-21(22)17-9-5-4-6-10-17/h4-12,15,19-20H,13-14,16H2,1-3H3. The Morgan fingerprint density at radius 3 is 2.30 bits per heavy atom. The number of amides is 1. The van der Waals surface area contributed by atoms with Crippen LogP contribution in [0.3, 0.4) is 0 Å². The summed E-state index contributed by atoms with van der Waals surface area (Å²) in [6.45, 7) is 5.77. The summed E-state index contributed by atoms with van der Waals surface area (Å²) in [6.07, 6.45) is 5.05. The lowest BCUT2D eigenvalue weighted by atomic mass is 9.89. The van der Waals surface area contributed by atoms with E-state index >= 15 is 0 Å². The summed E-state index contributed by atoms with van der Waals surface area (Å²) in [4.78, 5) is 14.6. The third-order valence-corrected chi connectivity index (χ3v) is 5.36. The highest BCUT2D eigenvalue weighted by Gasteiger charge is 2.41. The van der Waals surface area contributed by atoms with Crippen LogP contribution in [-0.4, -0.2) is 28.7 Å². The largest absolute Gasteiger partial charge is 0.444 e. The van der Waals surface area contributed by atoms with E-state index in [0.717, 1.165) is 19.3 Å². The normalized spacial score (nSPS) is 21.7. The van der Waals surface area contributed by atoms with E-state index in [0.29, 0.717) is 0 Å². The Morgan fingerprint density at radius 2 is 1.63 bits per heavy atom. The molecule has 2 aromatic rings. The summed E-state index contributed by atoms with van der Waals surface area (Å²) in [7, 11) is 0. The van der Waals surface area contributed by atoms with E-state index in [4.69, 9.17) is 4.74 Å². The zero-order chi connectivity index (χ0) is 19.0. The maximum atomic E-state index is 12.7. The Labute approximate surface area is 161 Å². The number of hydrogen-bond acceptors (Lipinski definition) is 2. The van der Waals surface area contributed by atoms with E-state index in [1.54, 1.807) is 0 Å². The topological polar surface area (TPSA) is 29.5 Å². The number of carbonyl (C=O) groups excluding carboxylic acids is 1. The van der Waals surface area contributed by atoms with Crippen molar-refractivity contribution in [1.82, 2.24) is 4.90 Å². The van der Waals surface area contributed by atoms with Crippen molar-refractivity contribution in [2.45, 2.75) is 57.7 Å². The monoisotopic (exact) mass is 361 g/mol. The SMILES string of the molecule is CC(C)(C)OC(=O)N1C2C=C(c3ccccc3-c3ccccc3)CC1CC2. The highest BCUT2D eigenvalue weighted by molar-refractivity contribution is 5.83. The van der Waals surface area contributed by atoms with Crippen molar-refractivity contribution in [3.63, 3.8) is 0 Å². The molecule has 1 amide bonds. The number of nitrogens with zero attached hydrogens (tertiary/aromatic N) is 1. The predicted octanol–water partition coefficient (Wildman–Crippen LogP) is 5.91. The summed E-state index contributed by atoms with van der Waals surface area (Å²) in [6, 6.07) is 19.5. The average Bonchev–Trinajstić information content (AvgIpc) is 2.91. The van der Waals surface area contributed by atoms with Crippen LogP contribution in [0.2, 0.25) is 0 Å². The highest BCUT2D eigenvalue weighted by atomic mass is 16.6. The van der Waals surface area contributed by atoms with Crippen LogP contribution >= 0.6 is 0 Å². The molecule has 27 heavy (non-hydrogen) atoms. The van der Waals surface area contributed by atoms with E-state index in [2.05, 4.69) is 54.6 Å². The molecule has 2 aliphatic heterocycles. The molecular weight excluding hydrogens is 334 g/mol. The molecule has 2 bridgehead atoms. The number of ether oxygens (including phenoxy) is 1. The average molecular weight is 361 g/mol. The van der Waals surface area contributed by atoms with Crippen molar-refractivity contribution in [2.75, 3.05) is 0 Å². The molecule has 0 radical (unpaired) electrons. The van der Waals surface area contributed by atoms with Gasteiger partial charge in [0.15, 0.2) is 0 Å². The second-order valence-corrected chi connectivity index (χ2v) is 8.49. The second-order valence-electron chi connectivity index (χ2n) is 8.49. The van der Waals surface area contributed by atoms with Crippen LogP contribution in [0.5, 0.6) is 0 Å². The summed E-state index contributed by atoms with van der Waals surface area (Å²) in [5.74, 6) is 0. The Kier molecular flexibility index (Phi) is 4.55. The fourth-order valence-electron chi connectivity index (χ4n) is 4.26. The molecule has 2 heterocycles. The van der Waals surface area contributed by atoms with E-state index < -0.39 is 5.60 Å². The van der Waals surface area contributed by atoms with Crippen molar-refractivity contribution in [3.8, 4) is 11.1 Å². The third kappa shape index (κ3) is 3.64. The summed E-state index contributed by atoms with van der Waals surface area (Å²) < 4.78 is 5.65. The minimum atomic E-state index is -0.458. The second kappa shape index (κ2) is 6.88. The Morgan fingerprint density at radius 1 is 0.963 bits per heavy atom. The van der Waals surface area contributed by atoms with E-state index in [1.807, 2.05) is 31.7 Å². The van der Waals surface area contributed by atoms with E-state index in [-0.39, 0.29) is 18.2 Å². The lowest BCUT2D eigenvalue weighted by Crippen LogP contribution is -2.45. The molecule has 0 aromatic heterocycles. The van der Waals surface area contributed by atoms with Gasteiger partial charge in [0, 0.05) is 6.04 Å². The molecule has 0 spiro atoms. The van der Waals surface area contributed by atoms with Crippen LogP contribution in [-0.2, 0) is 4.74 Å². The summed E-state index contributed by atoms with van der Waals surface area (Å²) >= 11 is 0. The molecule has 0 aliphatic carbocycles. The number of hydrogen-bond donors (Lipinski definition) is 0. The molecule has 4 rings (SSSR count). The molecule has 3 heteroatoms. The molecule has 0 saturated carbocycles. The van der Waals surface area contributed by atoms with Crippen molar-refractivity contribution in [3.05, 3.63) is 66.2 Å². The summed E-state index contributed by atoms with van der Waals surface area (Å²) in [5.41, 5.74) is 4.66. The van der Waals surface area contributed by atoms with Gasteiger partial charge >= 0.3 is 6.09 Å². The fourth-order valence-corrected chi connectivity index (χ4v) is 4.26. The van der Waals surface area contributed by atoms with Crippen LogP contribution < -0.4 is 0 Å². The maximum absolute atomic E-state index is 12.7. The van der Waals surface area contributed by atoms with Gasteiger partial charge in [0.2, 0.25) is 0 Å². The molecule has 3 nitrogen and oxygen atoms in total. The maximum Gasteiger partial charge on any atom is 0.411 e. The first-order chi connectivity index (χ1) is 12.9. The van der Waals surface area contributed by atoms with Gasteiger partial charge in [-0.05, 0) is 62.3 Å². The molecule has 1 saturated heterocycles. The van der Waals surface area contributed by atoms with Crippen LogP contribution in [0.4, 0.5) is 4.79 Å². The molecule has 2 aromatic carbocycles. The van der Waals surface area contributed by atoms with Crippen molar-refractivity contribution in [1.29, 1.82) is 0 Å². The molecule has 1 fully saturated rings. The van der Waals surface area contributed by atoms with Crippen LogP contribution in [0.1, 0.15) is 45.6 Å². The van der Waals surface area contributed by atoms with Crippen molar-refractivity contribution < 1.29 is 9.53 Å². The molecular formula is C24H27NO2. The number of rotatable bonds is 2. The minimum absolute atomic E-state index is 0.137. The lowest BCUT2D eigenvalue weighted by molar-refractivity contribution is 0.0175. The highest BCUT2D eigenvalue weighted by Crippen LogP contribution is 2.41.